The third kappa shape index (κ3) is 5.17. The Morgan fingerprint density at radius 1 is 1.07 bits per heavy atom. The van der Waals surface area contributed by atoms with E-state index in [0.29, 0.717) is 5.92 Å². The first-order valence-corrected chi connectivity index (χ1v) is 10.0. The lowest BCUT2D eigenvalue weighted by atomic mass is 9.97. The summed E-state index contributed by atoms with van der Waals surface area (Å²) < 4.78 is 5.43. The Morgan fingerprint density at radius 2 is 1.93 bits per heavy atom. The number of nitrogens with one attached hydrogen (secondary N) is 1. The minimum Gasteiger partial charge on any atom is -0.378 e. The van der Waals surface area contributed by atoms with Crippen LogP contribution in [0.15, 0.2) is 42.7 Å². The fourth-order valence-corrected chi connectivity index (χ4v) is 3.96. The number of aromatic nitrogens is 2. The van der Waals surface area contributed by atoms with E-state index in [1.54, 1.807) is 6.33 Å². The number of hydrogen-bond donors (Lipinski definition) is 1. The third-order valence-electron chi connectivity index (χ3n) is 5.41. The van der Waals surface area contributed by atoms with Gasteiger partial charge in [0.15, 0.2) is 0 Å². The monoisotopic (exact) mass is 367 g/mol. The maximum absolute atomic E-state index is 5.43. The zero-order valence-electron chi connectivity index (χ0n) is 15.9. The number of likely N-dealkylation sites (tertiary alicyclic amines) is 1. The molecule has 2 aliphatic heterocycles. The number of anilines is 2. The molecule has 1 N–H and O–H groups in total. The first-order valence-electron chi connectivity index (χ1n) is 10.0. The summed E-state index contributed by atoms with van der Waals surface area (Å²) in [5, 5.41) is 3.54. The van der Waals surface area contributed by atoms with Gasteiger partial charge in [-0.25, -0.2) is 9.97 Å². The van der Waals surface area contributed by atoms with Crippen molar-refractivity contribution in [2.75, 3.05) is 56.2 Å². The van der Waals surface area contributed by atoms with Crippen molar-refractivity contribution < 1.29 is 4.74 Å². The van der Waals surface area contributed by atoms with Crippen LogP contribution in [0, 0.1) is 5.92 Å². The summed E-state index contributed by atoms with van der Waals surface area (Å²) in [6.07, 6.45) is 4.21. The van der Waals surface area contributed by atoms with E-state index < -0.39 is 0 Å². The van der Waals surface area contributed by atoms with Crippen molar-refractivity contribution in [3.63, 3.8) is 0 Å². The van der Waals surface area contributed by atoms with Gasteiger partial charge in [0.25, 0.3) is 0 Å². The van der Waals surface area contributed by atoms with Crippen LogP contribution in [-0.2, 0) is 11.3 Å². The molecule has 4 rings (SSSR count). The Balaban J connectivity index is 1.29. The predicted molar refractivity (Wildman–Crippen MR) is 108 cm³/mol. The second kappa shape index (κ2) is 9.15. The van der Waals surface area contributed by atoms with Crippen LogP contribution in [0.1, 0.15) is 18.4 Å². The predicted octanol–water partition coefficient (Wildman–Crippen LogP) is 2.64. The van der Waals surface area contributed by atoms with Gasteiger partial charge in [0.2, 0.25) is 0 Å². The van der Waals surface area contributed by atoms with Crippen molar-refractivity contribution in [2.45, 2.75) is 19.4 Å². The standard InChI is InChI=1S/C21H29N5O/c1-2-5-18(6-3-1)15-25-8-4-7-19(16-25)14-22-20-13-21(24-17-23-20)26-9-11-27-12-10-26/h1-3,5-6,13,17,19H,4,7-12,14-16H2,(H,22,23,24). The maximum atomic E-state index is 5.43. The van der Waals surface area contributed by atoms with E-state index in [1.165, 1.54) is 24.9 Å². The topological polar surface area (TPSA) is 53.5 Å². The van der Waals surface area contributed by atoms with Crippen LogP contribution in [0.25, 0.3) is 0 Å². The molecule has 3 heterocycles. The first kappa shape index (κ1) is 18.2. The highest BCUT2D eigenvalue weighted by Crippen LogP contribution is 2.20. The molecule has 2 saturated heterocycles. The van der Waals surface area contributed by atoms with Gasteiger partial charge in [0, 0.05) is 38.8 Å². The number of hydrogen-bond acceptors (Lipinski definition) is 6. The maximum Gasteiger partial charge on any atom is 0.134 e. The number of nitrogens with zero attached hydrogens (tertiary/aromatic N) is 4. The van der Waals surface area contributed by atoms with Gasteiger partial charge in [-0.2, -0.15) is 0 Å². The average Bonchev–Trinajstić information content (AvgIpc) is 2.74. The van der Waals surface area contributed by atoms with Gasteiger partial charge in [0.05, 0.1) is 13.2 Å². The Labute approximate surface area is 161 Å². The lowest BCUT2D eigenvalue weighted by Gasteiger charge is -2.33. The highest BCUT2D eigenvalue weighted by atomic mass is 16.5. The second-order valence-corrected chi connectivity index (χ2v) is 7.47. The Hall–Kier alpha value is -2.18. The molecule has 2 fully saturated rings. The minimum absolute atomic E-state index is 0.657. The zero-order valence-corrected chi connectivity index (χ0v) is 15.9. The molecule has 0 amide bonds. The largest absolute Gasteiger partial charge is 0.378 e. The minimum atomic E-state index is 0.657. The zero-order chi connectivity index (χ0) is 18.3. The van der Waals surface area contributed by atoms with Crippen molar-refractivity contribution in [1.82, 2.24) is 14.9 Å². The molecule has 0 saturated carbocycles. The molecule has 1 atom stereocenters. The lowest BCUT2D eigenvalue weighted by Crippen LogP contribution is -2.38. The van der Waals surface area contributed by atoms with Crippen LogP contribution in [-0.4, -0.2) is 60.8 Å². The molecule has 2 aromatic rings. The molecular weight excluding hydrogens is 338 g/mol. The number of morpholine rings is 1. The van der Waals surface area contributed by atoms with Crippen LogP contribution in [0.4, 0.5) is 11.6 Å². The van der Waals surface area contributed by atoms with Crippen LogP contribution >= 0.6 is 0 Å². The molecule has 0 spiro atoms. The normalized spacial score (nSPS) is 21.2. The quantitative estimate of drug-likeness (QED) is 0.847. The molecule has 6 heteroatoms. The van der Waals surface area contributed by atoms with E-state index in [9.17, 15) is 0 Å². The van der Waals surface area contributed by atoms with Gasteiger partial charge >= 0.3 is 0 Å². The van der Waals surface area contributed by atoms with Crippen molar-refractivity contribution in [3.05, 3.63) is 48.3 Å². The molecular formula is C21H29N5O. The fraction of sp³-hybridized carbons (Fsp3) is 0.524. The smallest absolute Gasteiger partial charge is 0.134 e. The SMILES string of the molecule is c1ccc(CN2CCCC(CNc3cc(N4CCOCC4)ncn3)C2)cc1. The first-order chi connectivity index (χ1) is 13.4. The molecule has 27 heavy (non-hydrogen) atoms. The van der Waals surface area contributed by atoms with Crippen molar-refractivity contribution >= 4 is 11.6 Å². The molecule has 0 aliphatic carbocycles. The van der Waals surface area contributed by atoms with E-state index in [1.807, 2.05) is 0 Å². The average molecular weight is 367 g/mol. The van der Waals surface area contributed by atoms with Gasteiger partial charge in [-0.15, -0.1) is 0 Å². The van der Waals surface area contributed by atoms with Gasteiger partial charge < -0.3 is 15.0 Å². The summed E-state index contributed by atoms with van der Waals surface area (Å²) in [5.41, 5.74) is 1.40. The van der Waals surface area contributed by atoms with Crippen molar-refractivity contribution in [1.29, 1.82) is 0 Å². The molecule has 2 aliphatic rings. The number of benzene rings is 1. The van der Waals surface area contributed by atoms with E-state index in [4.69, 9.17) is 4.74 Å². The summed E-state index contributed by atoms with van der Waals surface area (Å²) in [6, 6.07) is 12.8. The Bertz CT molecular complexity index is 705. The van der Waals surface area contributed by atoms with Gasteiger partial charge in [-0.05, 0) is 30.9 Å². The molecule has 1 unspecified atom stereocenters. The molecule has 0 radical (unpaired) electrons. The molecule has 0 bridgehead atoms. The summed E-state index contributed by atoms with van der Waals surface area (Å²) >= 11 is 0. The van der Waals surface area contributed by atoms with Crippen LogP contribution in [0.3, 0.4) is 0 Å². The highest BCUT2D eigenvalue weighted by molar-refractivity contribution is 5.48. The highest BCUT2D eigenvalue weighted by Gasteiger charge is 2.20. The summed E-state index contributed by atoms with van der Waals surface area (Å²) in [7, 11) is 0. The molecule has 6 nitrogen and oxygen atoms in total. The number of piperidine rings is 1. The van der Waals surface area contributed by atoms with Crippen molar-refractivity contribution in [2.24, 2.45) is 5.92 Å². The lowest BCUT2D eigenvalue weighted by molar-refractivity contribution is 0.122. The summed E-state index contributed by atoms with van der Waals surface area (Å²) in [4.78, 5) is 13.7. The van der Waals surface area contributed by atoms with Gasteiger partial charge in [0.1, 0.15) is 18.0 Å². The molecule has 1 aromatic carbocycles. The number of ether oxygens (including phenoxy) is 1. The third-order valence-corrected chi connectivity index (χ3v) is 5.41. The van der Waals surface area contributed by atoms with Gasteiger partial charge in [-0.3, -0.25) is 4.90 Å². The van der Waals surface area contributed by atoms with Crippen LogP contribution in [0.2, 0.25) is 0 Å². The number of rotatable bonds is 6. The van der Waals surface area contributed by atoms with E-state index in [2.05, 4.69) is 61.5 Å². The van der Waals surface area contributed by atoms with Crippen LogP contribution < -0.4 is 10.2 Å². The van der Waals surface area contributed by atoms with Crippen LogP contribution in [0.5, 0.6) is 0 Å². The van der Waals surface area contributed by atoms with Crippen molar-refractivity contribution in [3.8, 4) is 0 Å². The second-order valence-electron chi connectivity index (χ2n) is 7.47. The molecule has 144 valence electrons. The van der Waals surface area contributed by atoms with E-state index in [-0.39, 0.29) is 0 Å². The van der Waals surface area contributed by atoms with E-state index >= 15 is 0 Å². The van der Waals surface area contributed by atoms with E-state index in [0.717, 1.165) is 57.6 Å². The fourth-order valence-electron chi connectivity index (χ4n) is 3.96. The Kier molecular flexibility index (Phi) is 6.17. The Morgan fingerprint density at radius 3 is 2.78 bits per heavy atom. The van der Waals surface area contributed by atoms with Gasteiger partial charge in [-0.1, -0.05) is 30.3 Å². The summed E-state index contributed by atoms with van der Waals surface area (Å²) in [5.74, 6) is 2.57. The summed E-state index contributed by atoms with van der Waals surface area (Å²) in [6.45, 7) is 7.68. The molecule has 1 aromatic heterocycles.